The van der Waals surface area contributed by atoms with Crippen molar-refractivity contribution < 1.29 is 9.18 Å². The number of amides is 1. The fourth-order valence-electron chi connectivity index (χ4n) is 4.52. The molecule has 1 aliphatic rings. The summed E-state index contributed by atoms with van der Waals surface area (Å²) in [5.41, 5.74) is 0.814. The summed E-state index contributed by atoms with van der Waals surface area (Å²) in [6.07, 6.45) is 0. The van der Waals surface area contributed by atoms with Crippen LogP contribution in [0.1, 0.15) is 15.9 Å². The highest BCUT2D eigenvalue weighted by Crippen LogP contribution is 2.25. The minimum absolute atomic E-state index is 0.158. The second-order valence-corrected chi connectivity index (χ2v) is 9.72. The second kappa shape index (κ2) is 9.68. The van der Waals surface area contributed by atoms with Gasteiger partial charge in [-0.1, -0.05) is 35.3 Å². The van der Waals surface area contributed by atoms with Gasteiger partial charge < -0.3 is 9.80 Å². The Morgan fingerprint density at radius 3 is 2.27 bits per heavy atom. The van der Waals surface area contributed by atoms with Gasteiger partial charge in [0.1, 0.15) is 5.82 Å². The molecule has 0 unspecified atom stereocenters. The number of piperazine rings is 1. The zero-order chi connectivity index (χ0) is 26.4. The molecule has 0 saturated carbocycles. The lowest BCUT2D eigenvalue weighted by atomic mass is 10.2. The third-order valence-corrected chi connectivity index (χ3v) is 7.34. The van der Waals surface area contributed by atoms with E-state index in [1.54, 1.807) is 46.8 Å². The van der Waals surface area contributed by atoms with Gasteiger partial charge in [0, 0.05) is 45.8 Å². The van der Waals surface area contributed by atoms with E-state index in [9.17, 15) is 18.8 Å². The average Bonchev–Trinajstić information content (AvgIpc) is 3.28. The van der Waals surface area contributed by atoms with Crippen LogP contribution in [0, 0.1) is 5.82 Å². The van der Waals surface area contributed by atoms with Crippen LogP contribution in [-0.2, 0) is 20.6 Å². The first kappa shape index (κ1) is 25.0. The van der Waals surface area contributed by atoms with Gasteiger partial charge >= 0.3 is 5.69 Å². The normalized spacial score (nSPS) is 14.0. The van der Waals surface area contributed by atoms with Crippen LogP contribution in [0.25, 0.3) is 11.2 Å². The van der Waals surface area contributed by atoms with E-state index in [1.807, 2.05) is 4.90 Å². The van der Waals surface area contributed by atoms with Gasteiger partial charge in [0.05, 0.1) is 16.6 Å². The maximum absolute atomic E-state index is 13.5. The molecule has 2 aromatic heterocycles. The highest BCUT2D eigenvalue weighted by Gasteiger charge is 2.28. The van der Waals surface area contributed by atoms with E-state index in [4.69, 9.17) is 28.2 Å². The standard InChI is InChI=1S/C25H23Cl2FN6O3/c1-30-21-20(23(36)31(2)25(30)37)34(14-15-3-6-17(28)7-4-15)24(29-21)33-11-9-32(10-12-33)22(35)16-5-8-18(26)19(27)13-16/h3-8,13H,9-12,14H2,1-2H3. The average molecular weight is 545 g/mol. The molecule has 0 radical (unpaired) electrons. The molecule has 2 aromatic carbocycles. The third kappa shape index (κ3) is 4.51. The van der Waals surface area contributed by atoms with Crippen molar-refractivity contribution in [2.45, 2.75) is 6.54 Å². The number of carbonyl (C=O) groups is 1. The van der Waals surface area contributed by atoms with Crippen molar-refractivity contribution in [3.63, 3.8) is 0 Å². The first-order valence-corrected chi connectivity index (χ1v) is 12.3. The zero-order valence-corrected chi connectivity index (χ0v) is 21.6. The number of aromatic nitrogens is 4. The van der Waals surface area contributed by atoms with Crippen LogP contribution in [0.15, 0.2) is 52.1 Å². The molecule has 1 aliphatic heterocycles. The van der Waals surface area contributed by atoms with Crippen LogP contribution in [0.5, 0.6) is 0 Å². The Balaban J connectivity index is 1.49. The van der Waals surface area contributed by atoms with Crippen LogP contribution in [0.3, 0.4) is 0 Å². The van der Waals surface area contributed by atoms with Crippen LogP contribution >= 0.6 is 23.2 Å². The zero-order valence-electron chi connectivity index (χ0n) is 20.1. The quantitative estimate of drug-likeness (QED) is 0.394. The van der Waals surface area contributed by atoms with Gasteiger partial charge in [-0.25, -0.2) is 9.18 Å². The summed E-state index contributed by atoms with van der Waals surface area (Å²) in [7, 11) is 2.99. The predicted molar refractivity (Wildman–Crippen MR) is 140 cm³/mol. The smallest absolute Gasteiger partial charge is 0.332 e. The Morgan fingerprint density at radius 1 is 0.946 bits per heavy atom. The number of hydrogen-bond acceptors (Lipinski definition) is 5. The van der Waals surface area contributed by atoms with Crippen molar-refractivity contribution in [1.82, 2.24) is 23.6 Å². The number of hydrogen-bond donors (Lipinski definition) is 0. The Kier molecular flexibility index (Phi) is 6.55. The number of rotatable bonds is 4. The van der Waals surface area contributed by atoms with Crippen molar-refractivity contribution >= 4 is 46.2 Å². The molecule has 0 aliphatic carbocycles. The molecule has 5 rings (SSSR count). The third-order valence-electron chi connectivity index (χ3n) is 6.60. The highest BCUT2D eigenvalue weighted by atomic mass is 35.5. The first-order valence-electron chi connectivity index (χ1n) is 11.6. The topological polar surface area (TPSA) is 85.4 Å². The summed E-state index contributed by atoms with van der Waals surface area (Å²) in [6.45, 7) is 1.98. The molecule has 0 bridgehead atoms. The van der Waals surface area contributed by atoms with Gasteiger partial charge in [0.25, 0.3) is 11.5 Å². The number of anilines is 1. The molecule has 9 nitrogen and oxygen atoms in total. The molecule has 1 fully saturated rings. The molecule has 0 N–H and O–H groups in total. The fourth-order valence-corrected chi connectivity index (χ4v) is 4.82. The van der Waals surface area contributed by atoms with Crippen LogP contribution in [0.4, 0.5) is 10.3 Å². The van der Waals surface area contributed by atoms with Crippen LogP contribution in [0.2, 0.25) is 10.0 Å². The number of carbonyl (C=O) groups excluding carboxylic acids is 1. The molecule has 0 spiro atoms. The molecule has 3 heterocycles. The minimum Gasteiger partial charge on any atom is -0.339 e. The van der Waals surface area contributed by atoms with Crippen molar-refractivity contribution in [1.29, 1.82) is 0 Å². The van der Waals surface area contributed by atoms with E-state index < -0.39 is 11.2 Å². The summed E-state index contributed by atoms with van der Waals surface area (Å²) < 4.78 is 17.6. The second-order valence-electron chi connectivity index (χ2n) is 8.91. The van der Waals surface area contributed by atoms with E-state index in [-0.39, 0.29) is 29.4 Å². The monoisotopic (exact) mass is 544 g/mol. The van der Waals surface area contributed by atoms with Gasteiger partial charge in [-0.05, 0) is 35.9 Å². The molecular weight excluding hydrogens is 522 g/mol. The number of nitrogens with zero attached hydrogens (tertiary/aromatic N) is 6. The summed E-state index contributed by atoms with van der Waals surface area (Å²) in [6, 6.07) is 10.8. The first-order chi connectivity index (χ1) is 17.7. The van der Waals surface area contributed by atoms with Gasteiger partial charge in [-0.3, -0.25) is 23.3 Å². The lowest BCUT2D eigenvalue weighted by Gasteiger charge is -2.35. The number of benzene rings is 2. The largest absolute Gasteiger partial charge is 0.339 e. The summed E-state index contributed by atoms with van der Waals surface area (Å²) >= 11 is 12.1. The van der Waals surface area contributed by atoms with Crippen molar-refractivity contribution in [2.24, 2.45) is 14.1 Å². The van der Waals surface area contributed by atoms with E-state index in [0.29, 0.717) is 47.7 Å². The number of imidazole rings is 1. The van der Waals surface area contributed by atoms with E-state index >= 15 is 0 Å². The van der Waals surface area contributed by atoms with Gasteiger partial charge in [-0.15, -0.1) is 0 Å². The molecular formula is C25H23Cl2FN6O3. The summed E-state index contributed by atoms with van der Waals surface area (Å²) in [5, 5.41) is 0.691. The number of fused-ring (bicyclic) bond motifs is 1. The van der Waals surface area contributed by atoms with E-state index in [1.165, 1.54) is 23.7 Å². The van der Waals surface area contributed by atoms with E-state index in [0.717, 1.165) is 10.1 Å². The van der Waals surface area contributed by atoms with E-state index in [2.05, 4.69) is 0 Å². The number of halogens is 3. The van der Waals surface area contributed by atoms with Gasteiger partial charge in [-0.2, -0.15) is 4.98 Å². The molecule has 0 atom stereocenters. The van der Waals surface area contributed by atoms with Gasteiger partial charge in [0.15, 0.2) is 11.2 Å². The highest BCUT2D eigenvalue weighted by molar-refractivity contribution is 6.42. The Labute approximate surface area is 220 Å². The van der Waals surface area contributed by atoms with Crippen LogP contribution in [-0.4, -0.2) is 55.7 Å². The Hall–Kier alpha value is -3.63. The SMILES string of the molecule is Cn1c(=O)c2c(nc(N3CCN(C(=O)c4ccc(Cl)c(Cl)c4)CC3)n2Cc2ccc(F)cc2)n(C)c1=O. The van der Waals surface area contributed by atoms with Crippen LogP contribution < -0.4 is 16.1 Å². The Bertz CT molecular complexity index is 1640. The van der Waals surface area contributed by atoms with Crippen molar-refractivity contribution in [3.8, 4) is 0 Å². The predicted octanol–water partition coefficient (Wildman–Crippen LogP) is 2.89. The fraction of sp³-hybridized carbons (Fsp3) is 0.280. The molecule has 4 aromatic rings. The molecule has 37 heavy (non-hydrogen) atoms. The van der Waals surface area contributed by atoms with Crippen molar-refractivity contribution in [2.75, 3.05) is 31.1 Å². The lowest BCUT2D eigenvalue weighted by molar-refractivity contribution is 0.0746. The molecule has 1 amide bonds. The minimum atomic E-state index is -0.479. The Morgan fingerprint density at radius 2 is 1.62 bits per heavy atom. The van der Waals surface area contributed by atoms with Gasteiger partial charge in [0.2, 0.25) is 5.95 Å². The number of aryl methyl sites for hydroxylation is 1. The molecule has 192 valence electrons. The summed E-state index contributed by atoms with van der Waals surface area (Å²) in [5.74, 6) is -0.0194. The lowest BCUT2D eigenvalue weighted by Crippen LogP contribution is -2.49. The maximum Gasteiger partial charge on any atom is 0.332 e. The summed E-state index contributed by atoms with van der Waals surface area (Å²) in [4.78, 5) is 47.1. The van der Waals surface area contributed by atoms with Crippen molar-refractivity contribution in [3.05, 3.63) is 90.3 Å². The molecule has 12 heteroatoms. The maximum atomic E-state index is 13.5. The molecule has 1 saturated heterocycles.